The molecule has 0 aliphatic carbocycles. The lowest BCUT2D eigenvalue weighted by molar-refractivity contribution is -0.0737. The summed E-state index contributed by atoms with van der Waals surface area (Å²) in [6, 6.07) is 0. The molecular weight excluding hydrogens is 168 g/mol. The van der Waals surface area contributed by atoms with Crippen molar-refractivity contribution in [3.05, 3.63) is 0 Å². The van der Waals surface area contributed by atoms with Crippen molar-refractivity contribution in [2.24, 2.45) is 5.92 Å². The third kappa shape index (κ3) is 1.49. The molecule has 3 nitrogen and oxygen atoms in total. The van der Waals surface area contributed by atoms with E-state index in [0.29, 0.717) is 6.61 Å². The molecule has 4 unspecified atom stereocenters. The highest BCUT2D eigenvalue weighted by Crippen LogP contribution is 2.39. The summed E-state index contributed by atoms with van der Waals surface area (Å²) in [6.07, 6.45) is 1.86. The molecule has 13 heavy (non-hydrogen) atoms. The van der Waals surface area contributed by atoms with E-state index in [2.05, 4.69) is 0 Å². The maximum atomic E-state index is 10.4. The van der Waals surface area contributed by atoms with E-state index in [0.717, 1.165) is 19.4 Å². The SMILES string of the molecule is CC1CC(O)(C2CCOC2)C(C)O1. The molecule has 0 saturated carbocycles. The minimum Gasteiger partial charge on any atom is -0.387 e. The van der Waals surface area contributed by atoms with Crippen LogP contribution in [0.1, 0.15) is 26.7 Å². The Labute approximate surface area is 79.0 Å². The lowest BCUT2D eigenvalue weighted by atomic mass is 9.81. The molecule has 2 rings (SSSR count). The van der Waals surface area contributed by atoms with Crippen LogP contribution in [-0.4, -0.2) is 36.1 Å². The monoisotopic (exact) mass is 186 g/mol. The maximum Gasteiger partial charge on any atom is 0.0980 e. The first-order valence-electron chi connectivity index (χ1n) is 5.08. The minimum absolute atomic E-state index is 0.0470. The average molecular weight is 186 g/mol. The Kier molecular flexibility index (Phi) is 2.34. The molecule has 0 spiro atoms. The first kappa shape index (κ1) is 9.44. The molecule has 2 aliphatic heterocycles. The largest absolute Gasteiger partial charge is 0.387 e. The van der Waals surface area contributed by atoms with Crippen LogP contribution in [0.5, 0.6) is 0 Å². The average Bonchev–Trinajstić information content (AvgIpc) is 2.61. The third-order valence-electron chi connectivity index (χ3n) is 3.39. The molecule has 0 aromatic rings. The number of hydrogen-bond donors (Lipinski definition) is 1. The van der Waals surface area contributed by atoms with E-state index in [1.54, 1.807) is 0 Å². The summed E-state index contributed by atoms with van der Waals surface area (Å²) >= 11 is 0. The van der Waals surface area contributed by atoms with E-state index in [1.165, 1.54) is 0 Å². The number of aliphatic hydroxyl groups is 1. The molecule has 0 amide bonds. The highest BCUT2D eigenvalue weighted by molar-refractivity contribution is 4.98. The Hall–Kier alpha value is -0.120. The van der Waals surface area contributed by atoms with Gasteiger partial charge in [-0.3, -0.25) is 0 Å². The molecule has 0 radical (unpaired) electrons. The van der Waals surface area contributed by atoms with E-state index >= 15 is 0 Å². The van der Waals surface area contributed by atoms with Crippen LogP contribution in [-0.2, 0) is 9.47 Å². The lowest BCUT2D eigenvalue weighted by Crippen LogP contribution is -2.44. The van der Waals surface area contributed by atoms with Gasteiger partial charge in [0.15, 0.2) is 0 Å². The maximum absolute atomic E-state index is 10.4. The van der Waals surface area contributed by atoms with Crippen molar-refractivity contribution in [1.29, 1.82) is 0 Å². The van der Waals surface area contributed by atoms with Gasteiger partial charge in [-0.05, 0) is 20.3 Å². The van der Waals surface area contributed by atoms with Crippen LogP contribution in [0.25, 0.3) is 0 Å². The van der Waals surface area contributed by atoms with Crippen LogP contribution in [0.3, 0.4) is 0 Å². The Bertz CT molecular complexity index is 189. The summed E-state index contributed by atoms with van der Waals surface area (Å²) in [5, 5.41) is 10.4. The number of ether oxygens (including phenoxy) is 2. The van der Waals surface area contributed by atoms with Gasteiger partial charge < -0.3 is 14.6 Å². The smallest absolute Gasteiger partial charge is 0.0980 e. The van der Waals surface area contributed by atoms with Crippen LogP contribution in [0.2, 0.25) is 0 Å². The van der Waals surface area contributed by atoms with Crippen molar-refractivity contribution in [3.8, 4) is 0 Å². The summed E-state index contributed by atoms with van der Waals surface area (Å²) in [4.78, 5) is 0. The van der Waals surface area contributed by atoms with Gasteiger partial charge >= 0.3 is 0 Å². The summed E-state index contributed by atoms with van der Waals surface area (Å²) in [5.41, 5.74) is -0.643. The second-order valence-corrected chi connectivity index (χ2v) is 4.34. The minimum atomic E-state index is -0.643. The quantitative estimate of drug-likeness (QED) is 0.662. The Morgan fingerprint density at radius 3 is 2.62 bits per heavy atom. The summed E-state index contributed by atoms with van der Waals surface area (Å²) < 4.78 is 10.9. The predicted molar refractivity (Wildman–Crippen MR) is 48.5 cm³/mol. The van der Waals surface area contributed by atoms with Gasteiger partial charge in [0, 0.05) is 18.9 Å². The molecule has 0 aromatic carbocycles. The van der Waals surface area contributed by atoms with Crippen LogP contribution in [0, 0.1) is 5.92 Å². The molecule has 0 aromatic heterocycles. The Balaban J connectivity index is 2.09. The van der Waals surface area contributed by atoms with Crippen molar-refractivity contribution in [1.82, 2.24) is 0 Å². The molecule has 2 aliphatic rings. The van der Waals surface area contributed by atoms with Gasteiger partial charge in [0.2, 0.25) is 0 Å². The number of hydrogen-bond acceptors (Lipinski definition) is 3. The normalized spacial score (nSPS) is 51.5. The van der Waals surface area contributed by atoms with E-state index < -0.39 is 5.60 Å². The summed E-state index contributed by atoms with van der Waals surface area (Å²) in [7, 11) is 0. The first-order valence-corrected chi connectivity index (χ1v) is 5.08. The van der Waals surface area contributed by atoms with Gasteiger partial charge in [0.1, 0.15) is 0 Å². The lowest BCUT2D eigenvalue weighted by Gasteiger charge is -2.31. The van der Waals surface area contributed by atoms with E-state index in [4.69, 9.17) is 9.47 Å². The van der Waals surface area contributed by atoms with E-state index in [1.807, 2.05) is 13.8 Å². The van der Waals surface area contributed by atoms with Crippen LogP contribution in [0.4, 0.5) is 0 Å². The highest BCUT2D eigenvalue weighted by atomic mass is 16.5. The van der Waals surface area contributed by atoms with Crippen molar-refractivity contribution in [3.63, 3.8) is 0 Å². The molecule has 76 valence electrons. The van der Waals surface area contributed by atoms with Gasteiger partial charge in [-0.25, -0.2) is 0 Å². The van der Waals surface area contributed by atoms with Crippen molar-refractivity contribution in [2.75, 3.05) is 13.2 Å². The van der Waals surface area contributed by atoms with Crippen molar-refractivity contribution >= 4 is 0 Å². The fourth-order valence-corrected chi connectivity index (χ4v) is 2.57. The van der Waals surface area contributed by atoms with Crippen LogP contribution >= 0.6 is 0 Å². The zero-order valence-electron chi connectivity index (χ0n) is 8.32. The number of rotatable bonds is 1. The Morgan fingerprint density at radius 1 is 1.38 bits per heavy atom. The van der Waals surface area contributed by atoms with Gasteiger partial charge in [-0.2, -0.15) is 0 Å². The van der Waals surface area contributed by atoms with Gasteiger partial charge in [-0.1, -0.05) is 0 Å². The summed E-state index contributed by atoms with van der Waals surface area (Å²) in [6.45, 7) is 5.46. The molecule has 3 heteroatoms. The molecule has 2 heterocycles. The zero-order chi connectivity index (χ0) is 9.47. The summed E-state index contributed by atoms with van der Waals surface area (Å²) in [5.74, 6) is 0.271. The molecule has 1 N–H and O–H groups in total. The molecule has 0 bridgehead atoms. The predicted octanol–water partition coefficient (Wildman–Crippen LogP) is 0.951. The highest BCUT2D eigenvalue weighted by Gasteiger charge is 2.49. The second kappa shape index (κ2) is 3.23. The fourth-order valence-electron chi connectivity index (χ4n) is 2.57. The van der Waals surface area contributed by atoms with Crippen molar-refractivity contribution < 1.29 is 14.6 Å². The Morgan fingerprint density at radius 2 is 2.15 bits per heavy atom. The van der Waals surface area contributed by atoms with Gasteiger partial charge in [0.25, 0.3) is 0 Å². The van der Waals surface area contributed by atoms with E-state index in [9.17, 15) is 5.11 Å². The first-order chi connectivity index (χ1) is 6.13. The fraction of sp³-hybridized carbons (Fsp3) is 1.00. The third-order valence-corrected chi connectivity index (χ3v) is 3.39. The topological polar surface area (TPSA) is 38.7 Å². The van der Waals surface area contributed by atoms with E-state index in [-0.39, 0.29) is 18.1 Å². The van der Waals surface area contributed by atoms with Gasteiger partial charge in [0.05, 0.1) is 24.4 Å². The van der Waals surface area contributed by atoms with Gasteiger partial charge in [-0.15, -0.1) is 0 Å². The molecule has 2 saturated heterocycles. The molecular formula is C10H18O3. The van der Waals surface area contributed by atoms with Crippen LogP contribution in [0.15, 0.2) is 0 Å². The zero-order valence-corrected chi connectivity index (χ0v) is 8.32. The van der Waals surface area contributed by atoms with Crippen molar-refractivity contribution in [2.45, 2.75) is 44.5 Å². The molecule has 4 atom stereocenters. The van der Waals surface area contributed by atoms with Crippen LogP contribution < -0.4 is 0 Å². The molecule has 2 fully saturated rings. The second-order valence-electron chi connectivity index (χ2n) is 4.34. The standard InChI is InChI=1S/C10H18O3/c1-7-5-10(11,8(2)13-7)9-3-4-12-6-9/h7-9,11H,3-6H2,1-2H3.